The third kappa shape index (κ3) is 7.75. The number of rotatable bonds is 8. The summed E-state index contributed by atoms with van der Waals surface area (Å²) in [6, 6.07) is 7.97. The summed E-state index contributed by atoms with van der Waals surface area (Å²) in [4.78, 5) is 0. The van der Waals surface area contributed by atoms with Crippen molar-refractivity contribution >= 4 is 0 Å². The van der Waals surface area contributed by atoms with Gasteiger partial charge in [-0.05, 0) is 106 Å². The lowest BCUT2D eigenvalue weighted by Crippen LogP contribution is -2.19. The number of ether oxygens (including phenoxy) is 2. The molecule has 30 heavy (non-hydrogen) atoms. The first kappa shape index (κ1) is 22.8. The highest BCUT2D eigenvalue weighted by molar-refractivity contribution is 5.31. The van der Waals surface area contributed by atoms with Crippen molar-refractivity contribution in [2.24, 2.45) is 23.7 Å². The fourth-order valence-electron chi connectivity index (χ4n) is 4.91. The van der Waals surface area contributed by atoms with Crippen LogP contribution >= 0.6 is 0 Å². The molecule has 0 N–H and O–H groups in total. The van der Waals surface area contributed by atoms with Crippen molar-refractivity contribution in [2.45, 2.75) is 78.1 Å². The predicted octanol–water partition coefficient (Wildman–Crippen LogP) is 7.44. The van der Waals surface area contributed by atoms with E-state index in [0.29, 0.717) is 18.4 Å². The fourth-order valence-corrected chi connectivity index (χ4v) is 4.91. The van der Waals surface area contributed by atoms with Gasteiger partial charge in [-0.1, -0.05) is 37.7 Å². The molecule has 0 aromatic heterocycles. The molecule has 0 aliphatic heterocycles. The van der Waals surface area contributed by atoms with Gasteiger partial charge >= 0.3 is 0 Å². The van der Waals surface area contributed by atoms with E-state index >= 15 is 0 Å². The standard InChI is InChI=1S/C28H40O2/c1-3-7-23-10-12-24(13-11-23)8-5-6-9-25-14-16-26(17-15-25)22-30-28-20-18-27(19-21-28)29-4-2/h5,8,18-21,23-26H,3-4,7,10-17,22H2,1-2H3/b8-5+/t23-,24-,25-,26-. The van der Waals surface area contributed by atoms with Crippen LogP contribution in [0.5, 0.6) is 11.5 Å². The van der Waals surface area contributed by atoms with Crippen molar-refractivity contribution in [3.8, 4) is 23.3 Å². The van der Waals surface area contributed by atoms with Crippen molar-refractivity contribution in [2.75, 3.05) is 13.2 Å². The van der Waals surface area contributed by atoms with Gasteiger partial charge in [-0.2, -0.15) is 0 Å². The van der Waals surface area contributed by atoms with Crippen LogP contribution < -0.4 is 9.47 Å². The highest BCUT2D eigenvalue weighted by Gasteiger charge is 2.20. The van der Waals surface area contributed by atoms with Crippen LogP contribution in [-0.2, 0) is 0 Å². The summed E-state index contributed by atoms with van der Waals surface area (Å²) in [6.07, 6.45) is 17.7. The monoisotopic (exact) mass is 408 g/mol. The Labute approximate surface area is 184 Å². The van der Waals surface area contributed by atoms with Crippen LogP contribution in [0.2, 0.25) is 0 Å². The maximum absolute atomic E-state index is 6.00. The van der Waals surface area contributed by atoms with Crippen molar-refractivity contribution in [1.29, 1.82) is 0 Å². The van der Waals surface area contributed by atoms with Crippen molar-refractivity contribution in [1.82, 2.24) is 0 Å². The Bertz CT molecular complexity index is 678. The van der Waals surface area contributed by atoms with Gasteiger partial charge in [0.1, 0.15) is 11.5 Å². The van der Waals surface area contributed by atoms with E-state index in [2.05, 4.69) is 30.9 Å². The first-order valence-electron chi connectivity index (χ1n) is 12.3. The zero-order chi connectivity index (χ0) is 21.0. The second-order valence-electron chi connectivity index (χ2n) is 9.15. The number of benzene rings is 1. The summed E-state index contributed by atoms with van der Waals surface area (Å²) in [5.74, 6) is 11.7. The van der Waals surface area contributed by atoms with E-state index in [1.165, 1.54) is 64.2 Å². The molecule has 2 fully saturated rings. The normalized spacial score (nSPS) is 26.7. The molecule has 164 valence electrons. The van der Waals surface area contributed by atoms with Gasteiger partial charge in [-0.15, -0.1) is 0 Å². The van der Waals surface area contributed by atoms with Gasteiger partial charge < -0.3 is 9.47 Å². The second kappa shape index (κ2) is 12.7. The maximum Gasteiger partial charge on any atom is 0.119 e. The third-order valence-electron chi connectivity index (χ3n) is 6.79. The van der Waals surface area contributed by atoms with Crippen molar-refractivity contribution < 1.29 is 9.47 Å². The van der Waals surface area contributed by atoms with E-state index < -0.39 is 0 Å². The van der Waals surface area contributed by atoms with E-state index in [4.69, 9.17) is 9.47 Å². The van der Waals surface area contributed by atoms with Crippen LogP contribution in [-0.4, -0.2) is 13.2 Å². The van der Waals surface area contributed by atoms with E-state index in [0.717, 1.165) is 29.9 Å². The second-order valence-corrected chi connectivity index (χ2v) is 9.15. The maximum atomic E-state index is 6.00. The summed E-state index contributed by atoms with van der Waals surface area (Å²) in [5, 5.41) is 0. The average molecular weight is 409 g/mol. The lowest BCUT2D eigenvalue weighted by atomic mass is 9.80. The van der Waals surface area contributed by atoms with Gasteiger partial charge in [-0.3, -0.25) is 0 Å². The lowest BCUT2D eigenvalue weighted by Gasteiger charge is -2.26. The zero-order valence-electron chi connectivity index (χ0n) is 19.1. The van der Waals surface area contributed by atoms with Gasteiger partial charge in [0.05, 0.1) is 13.2 Å². The third-order valence-corrected chi connectivity index (χ3v) is 6.79. The Morgan fingerprint density at radius 3 is 2.10 bits per heavy atom. The minimum Gasteiger partial charge on any atom is -0.494 e. The number of hydrogen-bond acceptors (Lipinski definition) is 2. The zero-order valence-corrected chi connectivity index (χ0v) is 19.1. The molecule has 0 heterocycles. The topological polar surface area (TPSA) is 18.5 Å². The summed E-state index contributed by atoms with van der Waals surface area (Å²) in [7, 11) is 0. The Balaban J connectivity index is 1.31. The Morgan fingerprint density at radius 2 is 1.47 bits per heavy atom. The first-order valence-corrected chi connectivity index (χ1v) is 12.3. The molecule has 0 amide bonds. The van der Waals surface area contributed by atoms with E-state index in [9.17, 15) is 0 Å². The average Bonchev–Trinajstić information content (AvgIpc) is 2.78. The highest BCUT2D eigenvalue weighted by Crippen LogP contribution is 2.32. The van der Waals surface area contributed by atoms with Crippen LogP contribution in [0.1, 0.15) is 78.1 Å². The largest absolute Gasteiger partial charge is 0.494 e. The summed E-state index contributed by atoms with van der Waals surface area (Å²) < 4.78 is 11.5. The Hall–Kier alpha value is -1.88. The van der Waals surface area contributed by atoms with Gasteiger partial charge in [0.25, 0.3) is 0 Å². The predicted molar refractivity (Wildman–Crippen MR) is 126 cm³/mol. The summed E-state index contributed by atoms with van der Waals surface area (Å²) in [5.41, 5.74) is 0. The number of hydrogen-bond donors (Lipinski definition) is 0. The first-order chi connectivity index (χ1) is 14.8. The molecule has 0 unspecified atom stereocenters. The summed E-state index contributed by atoms with van der Waals surface area (Å²) >= 11 is 0. The molecule has 0 spiro atoms. The van der Waals surface area contributed by atoms with Crippen molar-refractivity contribution in [3.05, 3.63) is 36.4 Å². The quantitative estimate of drug-likeness (QED) is 0.416. The van der Waals surface area contributed by atoms with Crippen LogP contribution in [0.15, 0.2) is 36.4 Å². The van der Waals surface area contributed by atoms with Crippen LogP contribution in [0, 0.1) is 35.5 Å². The van der Waals surface area contributed by atoms with E-state index in [1.54, 1.807) is 0 Å². The van der Waals surface area contributed by atoms with Gasteiger partial charge in [0.15, 0.2) is 0 Å². The van der Waals surface area contributed by atoms with Gasteiger partial charge in [-0.25, -0.2) is 0 Å². The molecule has 2 aliphatic rings. The minimum absolute atomic E-state index is 0.566. The summed E-state index contributed by atoms with van der Waals surface area (Å²) in [6.45, 7) is 5.82. The Morgan fingerprint density at radius 1 is 0.833 bits per heavy atom. The molecule has 3 rings (SSSR count). The van der Waals surface area contributed by atoms with E-state index in [1.807, 2.05) is 31.2 Å². The van der Waals surface area contributed by atoms with Crippen LogP contribution in [0.4, 0.5) is 0 Å². The molecule has 2 saturated carbocycles. The molecule has 1 aromatic carbocycles. The molecule has 2 aliphatic carbocycles. The van der Waals surface area contributed by atoms with Gasteiger partial charge in [0, 0.05) is 5.92 Å². The highest BCUT2D eigenvalue weighted by atomic mass is 16.5. The van der Waals surface area contributed by atoms with Crippen molar-refractivity contribution in [3.63, 3.8) is 0 Å². The molecule has 2 heteroatoms. The molecule has 2 nitrogen and oxygen atoms in total. The SMILES string of the molecule is CCC[C@H]1CC[C@H](/C=C/C#C[C@H]2CC[C@H](COc3ccc(OCC)cc3)CC2)CC1. The minimum atomic E-state index is 0.566. The molecule has 0 atom stereocenters. The smallest absolute Gasteiger partial charge is 0.119 e. The number of allylic oxidation sites excluding steroid dienone is 2. The van der Waals surface area contributed by atoms with Crippen LogP contribution in [0.3, 0.4) is 0 Å². The van der Waals surface area contributed by atoms with Gasteiger partial charge in [0.2, 0.25) is 0 Å². The molecule has 0 bridgehead atoms. The molecular weight excluding hydrogens is 368 g/mol. The van der Waals surface area contributed by atoms with E-state index in [-0.39, 0.29) is 0 Å². The Kier molecular flexibility index (Phi) is 9.68. The van der Waals surface area contributed by atoms with Crippen LogP contribution in [0.25, 0.3) is 0 Å². The lowest BCUT2D eigenvalue weighted by molar-refractivity contribution is 0.196. The molecule has 0 saturated heterocycles. The molecule has 1 aromatic rings. The molecular formula is C28H40O2. The fraction of sp³-hybridized carbons (Fsp3) is 0.643. The molecule has 0 radical (unpaired) electrons.